The molecule has 1 aliphatic heterocycles. The quantitative estimate of drug-likeness (QED) is 0.772. The van der Waals surface area contributed by atoms with E-state index in [1.54, 1.807) is 24.3 Å². The molecule has 3 rings (SSSR count). The molecule has 0 aliphatic carbocycles. The van der Waals surface area contributed by atoms with Crippen LogP contribution in [0.25, 0.3) is 5.70 Å². The monoisotopic (exact) mass is 219 g/mol. The van der Waals surface area contributed by atoms with Gasteiger partial charge in [-0.2, -0.15) is 10.0 Å². The maximum atomic E-state index is 11.1. The first-order valence-electron chi connectivity index (χ1n) is 4.58. The van der Waals surface area contributed by atoms with Crippen LogP contribution in [0.3, 0.4) is 0 Å². The normalized spacial score (nSPS) is 15.7. The van der Waals surface area contributed by atoms with E-state index in [2.05, 4.69) is 0 Å². The minimum Gasteiger partial charge on any atom is -0.732 e. The number of furan rings is 2. The van der Waals surface area contributed by atoms with Crippen LogP contribution < -0.4 is 5.06 Å². The fraction of sp³-hybridized carbons (Fsp3) is 0. The van der Waals surface area contributed by atoms with Gasteiger partial charge in [0.25, 0.3) is 0 Å². The second-order valence-electron chi connectivity index (χ2n) is 3.10. The van der Waals surface area contributed by atoms with E-state index in [0.717, 1.165) is 0 Å². The third-order valence-corrected chi connectivity index (χ3v) is 2.09. The Kier molecular flexibility index (Phi) is 1.95. The van der Waals surface area contributed by atoms with Crippen LogP contribution in [0.5, 0.6) is 0 Å². The summed E-state index contributed by atoms with van der Waals surface area (Å²) in [4.78, 5) is 4.91. The molecule has 3 heterocycles. The van der Waals surface area contributed by atoms with E-state index in [1.165, 1.54) is 23.8 Å². The summed E-state index contributed by atoms with van der Waals surface area (Å²) in [6, 6.07) is 6.83. The molecule has 82 valence electrons. The van der Waals surface area contributed by atoms with Crippen molar-refractivity contribution in [1.82, 2.24) is 5.23 Å². The number of rotatable bonds is 2. The number of hydrogen-bond acceptors (Lipinski definition) is 6. The maximum absolute atomic E-state index is 11.1. The number of hydrogen-bond donors (Lipinski definition) is 0. The van der Waals surface area contributed by atoms with Crippen molar-refractivity contribution in [3.63, 3.8) is 0 Å². The van der Waals surface area contributed by atoms with Crippen LogP contribution in [0, 0.1) is 5.21 Å². The lowest BCUT2D eigenvalue weighted by Crippen LogP contribution is -2.19. The zero-order chi connectivity index (χ0) is 11.0. The highest BCUT2D eigenvalue weighted by atomic mass is 17.0. The average Bonchev–Trinajstić information content (AvgIpc) is 2.98. The van der Waals surface area contributed by atoms with E-state index in [0.29, 0.717) is 22.6 Å². The van der Waals surface area contributed by atoms with Gasteiger partial charge in [0.2, 0.25) is 5.88 Å². The van der Waals surface area contributed by atoms with Gasteiger partial charge in [-0.3, -0.25) is 5.23 Å². The molecule has 0 N–H and O–H groups in total. The van der Waals surface area contributed by atoms with Crippen LogP contribution in [0.2, 0.25) is 0 Å². The highest BCUT2D eigenvalue weighted by molar-refractivity contribution is 5.73. The first-order chi connectivity index (χ1) is 7.84. The molecule has 0 spiro atoms. The summed E-state index contributed by atoms with van der Waals surface area (Å²) in [6.45, 7) is 0. The van der Waals surface area contributed by atoms with Crippen molar-refractivity contribution in [2.24, 2.45) is 0 Å². The highest BCUT2D eigenvalue weighted by Gasteiger charge is 2.25. The molecule has 16 heavy (non-hydrogen) atoms. The summed E-state index contributed by atoms with van der Waals surface area (Å²) < 4.78 is 10.3. The van der Waals surface area contributed by atoms with Gasteiger partial charge in [0.15, 0.2) is 5.76 Å². The second kappa shape index (κ2) is 3.44. The molecule has 0 saturated heterocycles. The molecule has 1 aliphatic rings. The van der Waals surface area contributed by atoms with Gasteiger partial charge < -0.3 is 14.0 Å². The van der Waals surface area contributed by atoms with Crippen LogP contribution in [0.15, 0.2) is 51.8 Å². The Balaban J connectivity index is 1.99. The number of nitrogens with zero attached hydrogens (tertiary/aromatic N) is 2. The molecular formula is C10H7N2O4-. The fourth-order valence-corrected chi connectivity index (χ4v) is 1.43. The molecule has 0 aromatic carbocycles. The smallest absolute Gasteiger partial charge is 0.225 e. The van der Waals surface area contributed by atoms with Crippen molar-refractivity contribution in [1.29, 1.82) is 0 Å². The molecule has 0 amide bonds. The van der Waals surface area contributed by atoms with E-state index in [4.69, 9.17) is 13.8 Å². The second-order valence-corrected chi connectivity index (χ2v) is 3.10. The van der Waals surface area contributed by atoms with Crippen LogP contribution in [-0.2, 0) is 4.94 Å². The number of hydroxylamine groups is 3. The van der Waals surface area contributed by atoms with Crippen LogP contribution >= 0.6 is 0 Å². The lowest BCUT2D eigenvalue weighted by atomic mass is 10.3. The lowest BCUT2D eigenvalue weighted by molar-refractivity contribution is -0.0671. The molecule has 6 heteroatoms. The summed E-state index contributed by atoms with van der Waals surface area (Å²) in [7, 11) is 0. The van der Waals surface area contributed by atoms with Gasteiger partial charge in [-0.15, -0.1) is 0 Å². The first kappa shape index (κ1) is 9.08. The van der Waals surface area contributed by atoms with E-state index < -0.39 is 0 Å². The third kappa shape index (κ3) is 1.37. The van der Waals surface area contributed by atoms with Crippen LogP contribution in [-0.4, -0.2) is 5.23 Å². The Bertz CT molecular complexity index is 489. The summed E-state index contributed by atoms with van der Waals surface area (Å²) in [5.74, 6) is 0.927. The largest absolute Gasteiger partial charge is 0.732 e. The third-order valence-electron chi connectivity index (χ3n) is 2.09. The zero-order valence-electron chi connectivity index (χ0n) is 8.07. The Morgan fingerprint density at radius 3 is 2.56 bits per heavy atom. The van der Waals surface area contributed by atoms with E-state index in [-0.39, 0.29) is 0 Å². The minimum absolute atomic E-state index is 0.334. The average molecular weight is 219 g/mol. The maximum Gasteiger partial charge on any atom is 0.225 e. The van der Waals surface area contributed by atoms with E-state index in [1.807, 2.05) is 0 Å². The van der Waals surface area contributed by atoms with Crippen LogP contribution in [0.1, 0.15) is 5.76 Å². The van der Waals surface area contributed by atoms with Gasteiger partial charge in [-0.05, 0) is 18.2 Å². The zero-order valence-corrected chi connectivity index (χ0v) is 8.07. The van der Waals surface area contributed by atoms with Gasteiger partial charge >= 0.3 is 0 Å². The molecule has 0 unspecified atom stereocenters. The Morgan fingerprint density at radius 2 is 1.88 bits per heavy atom. The minimum atomic E-state index is 0.334. The highest BCUT2D eigenvalue weighted by Crippen LogP contribution is 2.32. The summed E-state index contributed by atoms with van der Waals surface area (Å²) in [5, 5.41) is 12.7. The van der Waals surface area contributed by atoms with Gasteiger partial charge in [-0.25, -0.2) is 0 Å². The molecule has 2 aromatic rings. The standard InChI is InChI=1S/C10H7N2O4/c13-11-7-8(9-3-1-5-14-9)12(16-11)10-4-2-6-15-10/h1-7H/q-1. The predicted octanol–water partition coefficient (Wildman–Crippen LogP) is 2.34. The van der Waals surface area contributed by atoms with Crippen LogP contribution in [0.4, 0.5) is 5.88 Å². The van der Waals surface area contributed by atoms with E-state index in [9.17, 15) is 5.21 Å². The Morgan fingerprint density at radius 1 is 1.06 bits per heavy atom. The van der Waals surface area contributed by atoms with Crippen molar-refractivity contribution < 1.29 is 13.8 Å². The molecule has 0 saturated carbocycles. The van der Waals surface area contributed by atoms with Gasteiger partial charge in [-0.1, -0.05) is 0 Å². The molecule has 0 fully saturated rings. The van der Waals surface area contributed by atoms with Crippen molar-refractivity contribution in [2.45, 2.75) is 0 Å². The molecule has 0 atom stereocenters. The topological polar surface area (TPSA) is 65.0 Å². The van der Waals surface area contributed by atoms with Gasteiger partial charge in [0, 0.05) is 12.3 Å². The fourth-order valence-electron chi connectivity index (χ4n) is 1.43. The summed E-state index contributed by atoms with van der Waals surface area (Å²) in [6.07, 6.45) is 4.28. The predicted molar refractivity (Wildman–Crippen MR) is 54.2 cm³/mol. The molecule has 0 bridgehead atoms. The van der Waals surface area contributed by atoms with Crippen molar-refractivity contribution in [2.75, 3.05) is 5.06 Å². The van der Waals surface area contributed by atoms with Crippen molar-refractivity contribution in [3.05, 3.63) is 54.0 Å². The Labute approximate surface area is 90.4 Å². The number of anilines is 1. The molecule has 2 aromatic heterocycles. The van der Waals surface area contributed by atoms with Crippen molar-refractivity contribution >= 4 is 11.6 Å². The molecule has 0 radical (unpaired) electrons. The lowest BCUT2D eigenvalue weighted by Gasteiger charge is -2.21. The van der Waals surface area contributed by atoms with Gasteiger partial charge in [0.1, 0.15) is 5.70 Å². The Hall–Kier alpha value is -2.18. The SMILES string of the molecule is [O-]N1C=C(c2ccco2)N(c2ccco2)O1. The summed E-state index contributed by atoms with van der Waals surface area (Å²) in [5.41, 5.74) is 0.481. The van der Waals surface area contributed by atoms with Gasteiger partial charge in [0.05, 0.1) is 12.5 Å². The summed E-state index contributed by atoms with van der Waals surface area (Å²) >= 11 is 0. The molecule has 6 nitrogen and oxygen atoms in total. The molecular weight excluding hydrogens is 212 g/mol. The van der Waals surface area contributed by atoms with E-state index >= 15 is 0 Å². The van der Waals surface area contributed by atoms with Crippen molar-refractivity contribution in [3.8, 4) is 0 Å². The first-order valence-corrected chi connectivity index (χ1v) is 4.58.